The molecule has 0 fully saturated rings. The predicted octanol–water partition coefficient (Wildman–Crippen LogP) is 1.86. The second kappa shape index (κ2) is 6.98. The Kier molecular flexibility index (Phi) is 4.78. The fraction of sp³-hybridized carbons (Fsp3) is 0.167. The van der Waals surface area contributed by atoms with Crippen LogP contribution in [0, 0.1) is 0 Å². The van der Waals surface area contributed by atoms with Gasteiger partial charge in [0.15, 0.2) is 0 Å². The third-order valence-corrected chi connectivity index (χ3v) is 4.47. The molecule has 0 unspecified atom stereocenters. The third kappa shape index (κ3) is 3.39. The Bertz CT molecular complexity index is 1010. The molecule has 1 aromatic heterocycles. The van der Waals surface area contributed by atoms with Crippen LogP contribution in [0.3, 0.4) is 0 Å². The van der Waals surface area contributed by atoms with Crippen LogP contribution in [0.2, 0.25) is 0 Å². The van der Waals surface area contributed by atoms with Crippen molar-refractivity contribution in [2.45, 2.75) is 6.42 Å². The molecule has 0 radical (unpaired) electrons. The van der Waals surface area contributed by atoms with Crippen molar-refractivity contribution in [2.24, 2.45) is 7.05 Å². The standard InChI is InChI=1S/C18H18N2O3S/c1-20-12-17(15-7-2-3-8-16(15)18(20)21)14-6-4-5-13(11-14)9-10-19-24(22)23/h2-8,11-12,24H,9-10H2,1H3,(H,19,22,23). The van der Waals surface area contributed by atoms with Crippen molar-refractivity contribution in [3.63, 3.8) is 0 Å². The van der Waals surface area contributed by atoms with Gasteiger partial charge in [0.1, 0.15) is 0 Å². The molecule has 0 amide bonds. The van der Waals surface area contributed by atoms with Gasteiger partial charge in [-0.05, 0) is 29.0 Å². The molecule has 0 bridgehead atoms. The quantitative estimate of drug-likeness (QED) is 0.696. The number of nitrogens with one attached hydrogen (secondary N) is 1. The largest absolute Gasteiger partial charge is 0.317 e. The Morgan fingerprint density at radius 1 is 1.04 bits per heavy atom. The van der Waals surface area contributed by atoms with Gasteiger partial charge in [0, 0.05) is 30.7 Å². The summed E-state index contributed by atoms with van der Waals surface area (Å²) in [6.07, 6.45) is 2.46. The molecule has 0 spiro atoms. The molecular weight excluding hydrogens is 324 g/mol. The van der Waals surface area contributed by atoms with Crippen LogP contribution in [0.1, 0.15) is 5.56 Å². The van der Waals surface area contributed by atoms with Gasteiger partial charge in [-0.1, -0.05) is 42.5 Å². The highest BCUT2D eigenvalue weighted by Gasteiger charge is 2.09. The summed E-state index contributed by atoms with van der Waals surface area (Å²) in [4.78, 5) is 12.3. The highest BCUT2D eigenvalue weighted by atomic mass is 32.2. The second-order valence-corrected chi connectivity index (χ2v) is 6.45. The first-order chi connectivity index (χ1) is 11.6. The Hall–Kier alpha value is -2.44. The van der Waals surface area contributed by atoms with E-state index in [0.29, 0.717) is 18.4 Å². The molecule has 0 aliphatic heterocycles. The average molecular weight is 342 g/mol. The zero-order valence-electron chi connectivity index (χ0n) is 13.2. The van der Waals surface area contributed by atoms with E-state index < -0.39 is 10.9 Å². The molecule has 0 aliphatic carbocycles. The minimum atomic E-state index is -2.57. The minimum absolute atomic E-state index is 0.0195. The minimum Gasteiger partial charge on any atom is -0.317 e. The van der Waals surface area contributed by atoms with E-state index in [9.17, 15) is 13.2 Å². The summed E-state index contributed by atoms with van der Waals surface area (Å²) < 4.78 is 25.2. The van der Waals surface area contributed by atoms with Crippen LogP contribution < -0.4 is 10.3 Å². The lowest BCUT2D eigenvalue weighted by Gasteiger charge is -2.11. The van der Waals surface area contributed by atoms with Gasteiger partial charge in [0.05, 0.1) is 0 Å². The molecule has 6 heteroatoms. The van der Waals surface area contributed by atoms with E-state index in [4.69, 9.17) is 0 Å². The van der Waals surface area contributed by atoms with Crippen LogP contribution in [0.15, 0.2) is 59.5 Å². The topological polar surface area (TPSA) is 68.2 Å². The number of fused-ring (bicyclic) bond motifs is 1. The first-order valence-electron chi connectivity index (χ1n) is 7.62. The van der Waals surface area contributed by atoms with Gasteiger partial charge in [-0.3, -0.25) is 4.79 Å². The van der Waals surface area contributed by atoms with Gasteiger partial charge in [-0.25, -0.2) is 13.1 Å². The number of nitrogens with zero attached hydrogens (tertiary/aromatic N) is 1. The van der Waals surface area contributed by atoms with Crippen molar-refractivity contribution in [1.29, 1.82) is 0 Å². The summed E-state index contributed by atoms with van der Waals surface area (Å²) in [5.74, 6) is 0. The van der Waals surface area contributed by atoms with E-state index in [1.807, 2.05) is 54.7 Å². The second-order valence-electron chi connectivity index (χ2n) is 5.62. The van der Waals surface area contributed by atoms with E-state index >= 15 is 0 Å². The van der Waals surface area contributed by atoms with Crippen LogP contribution in [-0.2, 0) is 24.4 Å². The normalized spacial score (nSPS) is 11.2. The Balaban J connectivity index is 2.05. The molecule has 0 saturated heterocycles. The molecule has 3 rings (SSSR count). The summed E-state index contributed by atoms with van der Waals surface area (Å²) in [5.41, 5.74) is 3.01. The molecular formula is C18H18N2O3S. The Labute approximate surface area is 141 Å². The highest BCUT2D eigenvalue weighted by molar-refractivity contribution is 7.70. The zero-order valence-corrected chi connectivity index (χ0v) is 14.1. The molecule has 1 heterocycles. The van der Waals surface area contributed by atoms with E-state index in [-0.39, 0.29) is 5.56 Å². The average Bonchev–Trinajstić information content (AvgIpc) is 2.58. The summed E-state index contributed by atoms with van der Waals surface area (Å²) in [6.45, 7) is 0.371. The summed E-state index contributed by atoms with van der Waals surface area (Å²) >= 11 is 0. The van der Waals surface area contributed by atoms with Gasteiger partial charge in [-0.15, -0.1) is 0 Å². The fourth-order valence-corrected chi connectivity index (χ4v) is 3.13. The summed E-state index contributed by atoms with van der Waals surface area (Å²) in [5, 5.41) is 1.60. The number of hydrogen-bond donors (Lipinski definition) is 2. The lowest BCUT2D eigenvalue weighted by Crippen LogP contribution is -2.16. The first-order valence-corrected chi connectivity index (χ1v) is 8.79. The van der Waals surface area contributed by atoms with Gasteiger partial charge >= 0.3 is 0 Å². The van der Waals surface area contributed by atoms with Gasteiger partial charge < -0.3 is 4.57 Å². The highest BCUT2D eigenvalue weighted by Crippen LogP contribution is 2.27. The van der Waals surface area contributed by atoms with E-state index in [2.05, 4.69) is 4.72 Å². The number of thiol groups is 1. The van der Waals surface area contributed by atoms with Gasteiger partial charge in [-0.2, -0.15) is 0 Å². The van der Waals surface area contributed by atoms with Crippen LogP contribution in [0.25, 0.3) is 21.9 Å². The predicted molar refractivity (Wildman–Crippen MR) is 96.6 cm³/mol. The molecule has 3 aromatic rings. The van der Waals surface area contributed by atoms with Crippen LogP contribution in [-0.4, -0.2) is 19.5 Å². The maximum Gasteiger partial charge on any atom is 0.258 e. The zero-order chi connectivity index (χ0) is 17.1. The fourth-order valence-electron chi connectivity index (χ4n) is 2.83. The SMILES string of the molecule is Cn1cc(-c2cccc(CCN[SH](=O)=O)c2)c2ccccc2c1=O. The Morgan fingerprint density at radius 2 is 1.79 bits per heavy atom. The van der Waals surface area contributed by atoms with Crippen molar-refractivity contribution in [1.82, 2.24) is 9.29 Å². The lowest BCUT2D eigenvalue weighted by atomic mass is 9.98. The molecule has 1 N–H and O–H groups in total. The van der Waals surface area contributed by atoms with Crippen LogP contribution >= 0.6 is 0 Å². The smallest absolute Gasteiger partial charge is 0.258 e. The third-order valence-electron chi connectivity index (χ3n) is 3.98. The molecule has 24 heavy (non-hydrogen) atoms. The van der Waals surface area contributed by atoms with E-state index in [1.165, 1.54) is 0 Å². The van der Waals surface area contributed by atoms with Crippen LogP contribution in [0.5, 0.6) is 0 Å². The number of hydrogen-bond acceptors (Lipinski definition) is 3. The van der Waals surface area contributed by atoms with Crippen molar-refractivity contribution >= 4 is 21.7 Å². The molecule has 0 atom stereocenters. The van der Waals surface area contributed by atoms with Crippen molar-refractivity contribution in [3.8, 4) is 11.1 Å². The molecule has 2 aromatic carbocycles. The molecule has 5 nitrogen and oxygen atoms in total. The number of pyridine rings is 1. The number of aryl methyl sites for hydroxylation is 1. The molecule has 0 aliphatic rings. The maximum atomic E-state index is 12.3. The molecule has 0 saturated carbocycles. The number of benzene rings is 2. The number of aromatic nitrogens is 1. The van der Waals surface area contributed by atoms with E-state index in [0.717, 1.165) is 22.1 Å². The first kappa shape index (κ1) is 16.4. The van der Waals surface area contributed by atoms with Gasteiger partial charge in [0.25, 0.3) is 5.56 Å². The summed E-state index contributed by atoms with van der Waals surface area (Å²) in [7, 11) is -0.821. The summed E-state index contributed by atoms with van der Waals surface area (Å²) in [6, 6.07) is 15.5. The van der Waals surface area contributed by atoms with Crippen LogP contribution in [0.4, 0.5) is 0 Å². The van der Waals surface area contributed by atoms with Crippen molar-refractivity contribution < 1.29 is 8.42 Å². The van der Waals surface area contributed by atoms with Gasteiger partial charge in [0.2, 0.25) is 10.9 Å². The lowest BCUT2D eigenvalue weighted by molar-refractivity contribution is 0.602. The van der Waals surface area contributed by atoms with Crippen molar-refractivity contribution in [2.75, 3.05) is 6.54 Å². The molecule has 124 valence electrons. The maximum absolute atomic E-state index is 12.3. The van der Waals surface area contributed by atoms with Crippen molar-refractivity contribution in [3.05, 3.63) is 70.6 Å². The number of rotatable bonds is 5. The monoisotopic (exact) mass is 342 g/mol. The Morgan fingerprint density at radius 3 is 2.54 bits per heavy atom. The van der Waals surface area contributed by atoms with E-state index in [1.54, 1.807) is 11.6 Å².